The zero-order valence-electron chi connectivity index (χ0n) is 19.3. The van der Waals surface area contributed by atoms with Gasteiger partial charge >= 0.3 is 29.6 Å². The Morgan fingerprint density at radius 1 is 1.24 bits per heavy atom. The number of H-pyrrole nitrogens is 1. The Labute approximate surface area is 215 Å². The van der Waals surface area contributed by atoms with Gasteiger partial charge in [-0.15, -0.1) is 10.2 Å². The van der Waals surface area contributed by atoms with E-state index in [0.717, 1.165) is 17.5 Å². The van der Waals surface area contributed by atoms with Crippen LogP contribution in [0.1, 0.15) is 54.8 Å². The van der Waals surface area contributed by atoms with Crippen LogP contribution in [-0.2, 0) is 11.2 Å². The van der Waals surface area contributed by atoms with Crippen molar-refractivity contribution in [1.82, 2.24) is 20.6 Å². The van der Waals surface area contributed by atoms with Gasteiger partial charge in [0.05, 0.1) is 5.69 Å². The molecule has 4 rings (SSSR count). The van der Waals surface area contributed by atoms with E-state index in [1.54, 1.807) is 6.08 Å². The van der Waals surface area contributed by atoms with E-state index >= 15 is 0 Å². The number of amides is 1. The molecule has 0 saturated carbocycles. The van der Waals surface area contributed by atoms with Gasteiger partial charge in [0.25, 0.3) is 0 Å². The molecule has 2 N–H and O–H groups in total. The number of carbonyl (C=O) groups excluding carboxylic acids is 1. The Hall–Kier alpha value is -2.68. The molecule has 1 unspecified atom stereocenters. The van der Waals surface area contributed by atoms with Crippen molar-refractivity contribution >= 4 is 17.7 Å². The minimum absolute atomic E-state index is 0. The van der Waals surface area contributed by atoms with Crippen LogP contribution >= 0.6 is 0 Å². The molecule has 9 heteroatoms. The molecule has 1 aromatic heterocycles. The molecule has 1 amide bonds. The standard InChI is InChI=1S/C24H27N5O3.Na/c1-3-4-5-6-17-7-9-18(10-8-17)11-12-22(30)25-19-13-16(2)14-20-23(19)32-21(15-31-20)24-26-28-29-27-24;/h7-14,21H,3-6,15H2,1-2H3,(H,25,30)(H,26,27,28,29);/q;+1/b12-11+;. The van der Waals surface area contributed by atoms with Gasteiger partial charge in [-0.25, -0.2) is 0 Å². The number of benzene rings is 2. The molecule has 1 atom stereocenters. The average Bonchev–Trinajstić information content (AvgIpc) is 3.33. The number of fused-ring (bicyclic) bond motifs is 1. The molecule has 0 bridgehead atoms. The van der Waals surface area contributed by atoms with Crippen LogP contribution in [0.25, 0.3) is 6.08 Å². The van der Waals surface area contributed by atoms with Gasteiger partial charge in [-0.3, -0.25) is 4.79 Å². The van der Waals surface area contributed by atoms with Gasteiger partial charge in [0.1, 0.15) is 6.61 Å². The first-order valence-electron chi connectivity index (χ1n) is 10.9. The van der Waals surface area contributed by atoms with E-state index in [1.165, 1.54) is 30.9 Å². The van der Waals surface area contributed by atoms with Crippen molar-refractivity contribution in [3.8, 4) is 11.5 Å². The number of nitrogens with zero attached hydrogens (tertiary/aromatic N) is 3. The molecule has 0 saturated heterocycles. The van der Waals surface area contributed by atoms with Crippen LogP contribution in [-0.4, -0.2) is 33.1 Å². The monoisotopic (exact) mass is 456 g/mol. The van der Waals surface area contributed by atoms with Crippen molar-refractivity contribution in [3.63, 3.8) is 0 Å². The molecule has 0 radical (unpaired) electrons. The maximum Gasteiger partial charge on any atom is 1.00 e. The predicted molar refractivity (Wildman–Crippen MR) is 122 cm³/mol. The second-order valence-electron chi connectivity index (χ2n) is 7.85. The summed E-state index contributed by atoms with van der Waals surface area (Å²) < 4.78 is 11.9. The Kier molecular flexibility index (Phi) is 9.05. The molecule has 1 aliphatic heterocycles. The zero-order chi connectivity index (χ0) is 22.3. The number of carbonyl (C=O) groups is 1. The third-order valence-corrected chi connectivity index (χ3v) is 5.23. The summed E-state index contributed by atoms with van der Waals surface area (Å²) >= 11 is 0. The molecule has 3 aromatic rings. The number of nitrogens with one attached hydrogen (secondary N) is 2. The quantitative estimate of drug-likeness (QED) is 0.302. The summed E-state index contributed by atoms with van der Waals surface area (Å²) in [5.74, 6) is 1.17. The van der Waals surface area contributed by atoms with E-state index in [4.69, 9.17) is 9.47 Å². The van der Waals surface area contributed by atoms with Crippen LogP contribution in [0.2, 0.25) is 0 Å². The first kappa shape index (κ1) is 25.0. The molecule has 8 nitrogen and oxygen atoms in total. The van der Waals surface area contributed by atoms with Crippen LogP contribution < -0.4 is 44.3 Å². The number of ether oxygens (including phenoxy) is 2. The first-order valence-corrected chi connectivity index (χ1v) is 10.9. The molecule has 0 fully saturated rings. The number of aromatic amines is 1. The van der Waals surface area contributed by atoms with Crippen molar-refractivity contribution < 1.29 is 43.8 Å². The number of hydrogen-bond acceptors (Lipinski definition) is 6. The maximum atomic E-state index is 12.6. The minimum Gasteiger partial charge on any atom is -0.485 e. The van der Waals surface area contributed by atoms with Crippen LogP contribution in [0.3, 0.4) is 0 Å². The largest absolute Gasteiger partial charge is 1.00 e. The van der Waals surface area contributed by atoms with Gasteiger partial charge < -0.3 is 14.8 Å². The summed E-state index contributed by atoms with van der Waals surface area (Å²) in [6.45, 7) is 4.40. The Morgan fingerprint density at radius 2 is 2.06 bits per heavy atom. The van der Waals surface area contributed by atoms with Crippen molar-refractivity contribution in [2.45, 2.75) is 45.6 Å². The van der Waals surface area contributed by atoms with E-state index in [2.05, 4.69) is 45.0 Å². The van der Waals surface area contributed by atoms with Gasteiger partial charge in [0.2, 0.25) is 11.7 Å². The Morgan fingerprint density at radius 3 is 2.79 bits per heavy atom. The van der Waals surface area contributed by atoms with E-state index in [-0.39, 0.29) is 42.1 Å². The fraction of sp³-hybridized carbons (Fsp3) is 0.333. The van der Waals surface area contributed by atoms with Crippen LogP contribution in [0.15, 0.2) is 42.5 Å². The van der Waals surface area contributed by atoms with E-state index < -0.39 is 6.10 Å². The molecule has 2 aromatic carbocycles. The summed E-state index contributed by atoms with van der Waals surface area (Å²) in [6, 6.07) is 12.0. The number of hydrogen-bond donors (Lipinski definition) is 2. The number of rotatable bonds is 8. The summed E-state index contributed by atoms with van der Waals surface area (Å²) in [5.41, 5.74) is 3.78. The van der Waals surface area contributed by atoms with Crippen molar-refractivity contribution in [3.05, 3.63) is 65.0 Å². The number of aryl methyl sites for hydroxylation is 2. The van der Waals surface area contributed by atoms with Crippen LogP contribution in [0, 0.1) is 6.92 Å². The van der Waals surface area contributed by atoms with Gasteiger partial charge in [-0.2, -0.15) is 5.21 Å². The maximum absolute atomic E-state index is 12.6. The zero-order valence-corrected chi connectivity index (χ0v) is 21.3. The van der Waals surface area contributed by atoms with Crippen LogP contribution in [0.5, 0.6) is 11.5 Å². The molecule has 0 aliphatic carbocycles. The van der Waals surface area contributed by atoms with Crippen LogP contribution in [0.4, 0.5) is 5.69 Å². The molecule has 33 heavy (non-hydrogen) atoms. The number of anilines is 1. The molecule has 2 heterocycles. The van der Waals surface area contributed by atoms with E-state index in [0.29, 0.717) is 23.0 Å². The fourth-order valence-electron chi connectivity index (χ4n) is 3.56. The molecular weight excluding hydrogens is 429 g/mol. The summed E-state index contributed by atoms with van der Waals surface area (Å²) in [5, 5.41) is 16.8. The van der Waals surface area contributed by atoms with Gasteiger partial charge in [0.15, 0.2) is 17.6 Å². The normalized spacial score (nSPS) is 14.7. The van der Waals surface area contributed by atoms with E-state index in [9.17, 15) is 4.79 Å². The second-order valence-corrected chi connectivity index (χ2v) is 7.85. The van der Waals surface area contributed by atoms with E-state index in [1.807, 2.05) is 31.2 Å². The van der Waals surface area contributed by atoms with Crippen molar-refractivity contribution in [1.29, 1.82) is 0 Å². The number of unbranched alkanes of at least 4 members (excludes halogenated alkanes) is 2. The van der Waals surface area contributed by atoms with Gasteiger partial charge in [0, 0.05) is 6.08 Å². The van der Waals surface area contributed by atoms with Crippen molar-refractivity contribution in [2.75, 3.05) is 11.9 Å². The van der Waals surface area contributed by atoms with Gasteiger partial charge in [-0.1, -0.05) is 49.2 Å². The average molecular weight is 457 g/mol. The number of tetrazole rings is 1. The molecule has 166 valence electrons. The molecular formula is C24H27N5NaO3+. The Balaban J connectivity index is 0.00000306. The first-order chi connectivity index (χ1) is 15.6. The molecule has 1 aliphatic rings. The third kappa shape index (κ3) is 6.66. The molecule has 0 spiro atoms. The fourth-order valence-corrected chi connectivity index (χ4v) is 3.56. The number of aromatic nitrogens is 4. The third-order valence-electron chi connectivity index (χ3n) is 5.23. The summed E-state index contributed by atoms with van der Waals surface area (Å²) in [6.07, 6.45) is 7.56. The topological polar surface area (TPSA) is 102 Å². The smallest absolute Gasteiger partial charge is 0.485 e. The van der Waals surface area contributed by atoms with Crippen molar-refractivity contribution in [2.24, 2.45) is 0 Å². The predicted octanol–water partition coefficient (Wildman–Crippen LogP) is 1.41. The Bertz CT molecular complexity index is 1080. The second kappa shape index (κ2) is 12.0. The minimum atomic E-state index is -0.508. The summed E-state index contributed by atoms with van der Waals surface area (Å²) in [7, 11) is 0. The summed E-state index contributed by atoms with van der Waals surface area (Å²) in [4.78, 5) is 12.6. The van der Waals surface area contributed by atoms with Gasteiger partial charge in [-0.05, 0) is 54.7 Å². The SMILES string of the molecule is CCCCCc1ccc(/C=C/C(=O)Nc2cc(C)cc3c2OC(c2nn[nH]n2)CO3)cc1.[Na+].